The molecule has 19 heavy (non-hydrogen) atoms. The Kier molecular flexibility index (Phi) is 8.00. The first-order chi connectivity index (χ1) is 9.17. The smallest absolute Gasteiger partial charge is 0.209 e. The predicted molar refractivity (Wildman–Crippen MR) is 79.5 cm³/mol. The maximum Gasteiger partial charge on any atom is 0.209 e. The van der Waals surface area contributed by atoms with Crippen molar-refractivity contribution in [1.29, 1.82) is 0 Å². The lowest BCUT2D eigenvalue weighted by Crippen LogP contribution is -2.27. The Balaban J connectivity index is 2.32. The van der Waals surface area contributed by atoms with Crippen molar-refractivity contribution in [3.05, 3.63) is 0 Å². The van der Waals surface area contributed by atoms with Crippen LogP contribution < -0.4 is 5.32 Å². The van der Waals surface area contributed by atoms with Gasteiger partial charge in [-0.25, -0.2) is 4.68 Å². The van der Waals surface area contributed by atoms with Crippen molar-refractivity contribution >= 4 is 11.8 Å². The van der Waals surface area contributed by atoms with Crippen LogP contribution in [0, 0.1) is 0 Å². The van der Waals surface area contributed by atoms with E-state index in [1.807, 2.05) is 4.68 Å². The molecule has 0 unspecified atom stereocenters. The van der Waals surface area contributed by atoms with Crippen molar-refractivity contribution in [2.75, 3.05) is 31.9 Å². The zero-order chi connectivity index (χ0) is 14.1. The molecule has 0 bridgehead atoms. The standard InChI is InChI=1S/C12H26N6S/c1-5-17(6-2)9-10-19-12-14-15-16-18(12)8-7-13-11(3)4/h11,13H,5-10H2,1-4H3. The van der Waals surface area contributed by atoms with E-state index in [1.165, 1.54) is 0 Å². The van der Waals surface area contributed by atoms with Crippen LogP contribution in [0.5, 0.6) is 0 Å². The number of nitrogens with zero attached hydrogens (tertiary/aromatic N) is 5. The summed E-state index contributed by atoms with van der Waals surface area (Å²) in [4.78, 5) is 2.40. The molecule has 0 spiro atoms. The number of nitrogens with one attached hydrogen (secondary N) is 1. The molecule has 110 valence electrons. The van der Waals surface area contributed by atoms with Gasteiger partial charge in [-0.2, -0.15) is 0 Å². The SMILES string of the molecule is CCN(CC)CCSc1nnnn1CCNC(C)C. The molecule has 1 heterocycles. The van der Waals surface area contributed by atoms with Crippen LogP contribution in [0.4, 0.5) is 0 Å². The first-order valence-electron chi connectivity index (χ1n) is 7.02. The molecule has 0 aliphatic carbocycles. The van der Waals surface area contributed by atoms with Gasteiger partial charge in [-0.15, -0.1) is 5.10 Å². The summed E-state index contributed by atoms with van der Waals surface area (Å²) in [6, 6.07) is 0.496. The second-order valence-corrected chi connectivity index (χ2v) is 5.73. The van der Waals surface area contributed by atoms with Crippen LogP contribution in [-0.4, -0.2) is 63.1 Å². The molecule has 0 radical (unpaired) electrons. The largest absolute Gasteiger partial charge is 0.313 e. The van der Waals surface area contributed by atoms with Gasteiger partial charge in [0.05, 0.1) is 6.54 Å². The number of rotatable bonds is 10. The van der Waals surface area contributed by atoms with Gasteiger partial charge in [-0.1, -0.05) is 39.5 Å². The summed E-state index contributed by atoms with van der Waals surface area (Å²) in [6.45, 7) is 13.6. The molecule has 0 atom stereocenters. The molecule has 0 aliphatic heterocycles. The van der Waals surface area contributed by atoms with Crippen LogP contribution in [0.2, 0.25) is 0 Å². The zero-order valence-electron chi connectivity index (χ0n) is 12.5. The average molecular weight is 286 g/mol. The van der Waals surface area contributed by atoms with Crippen LogP contribution in [0.25, 0.3) is 0 Å². The number of tetrazole rings is 1. The van der Waals surface area contributed by atoms with E-state index < -0.39 is 0 Å². The molecule has 0 saturated carbocycles. The predicted octanol–water partition coefficient (Wildman–Crippen LogP) is 1.10. The van der Waals surface area contributed by atoms with Gasteiger partial charge in [0.25, 0.3) is 0 Å². The lowest BCUT2D eigenvalue weighted by Gasteiger charge is -2.17. The summed E-state index contributed by atoms with van der Waals surface area (Å²) in [5.41, 5.74) is 0. The van der Waals surface area contributed by atoms with Crippen molar-refractivity contribution in [3.8, 4) is 0 Å². The first kappa shape index (κ1) is 16.4. The van der Waals surface area contributed by atoms with Crippen LogP contribution in [0.1, 0.15) is 27.7 Å². The molecule has 1 aromatic heterocycles. The molecule has 0 fully saturated rings. The fourth-order valence-corrected chi connectivity index (χ4v) is 2.61. The fraction of sp³-hybridized carbons (Fsp3) is 0.917. The maximum atomic E-state index is 4.08. The average Bonchev–Trinajstić information content (AvgIpc) is 2.82. The normalized spacial score (nSPS) is 11.7. The number of hydrogen-bond acceptors (Lipinski definition) is 6. The second kappa shape index (κ2) is 9.28. The molecule has 7 heteroatoms. The molecule has 1 rings (SSSR count). The van der Waals surface area contributed by atoms with Gasteiger partial charge in [0.2, 0.25) is 5.16 Å². The molecule has 1 N–H and O–H groups in total. The van der Waals surface area contributed by atoms with Crippen molar-refractivity contribution < 1.29 is 0 Å². The number of aromatic nitrogens is 4. The Bertz CT molecular complexity index is 337. The highest BCUT2D eigenvalue weighted by molar-refractivity contribution is 7.99. The number of hydrogen-bond donors (Lipinski definition) is 1. The highest BCUT2D eigenvalue weighted by Gasteiger charge is 2.07. The Labute approximate surface area is 120 Å². The first-order valence-corrected chi connectivity index (χ1v) is 8.00. The van der Waals surface area contributed by atoms with E-state index in [1.54, 1.807) is 11.8 Å². The van der Waals surface area contributed by atoms with E-state index in [0.29, 0.717) is 6.04 Å². The molecular formula is C12H26N6S. The molecule has 0 aromatic carbocycles. The Morgan fingerprint density at radius 3 is 2.68 bits per heavy atom. The zero-order valence-corrected chi connectivity index (χ0v) is 13.3. The second-order valence-electron chi connectivity index (χ2n) is 4.67. The van der Waals surface area contributed by atoms with Crippen molar-refractivity contribution in [2.24, 2.45) is 0 Å². The third-order valence-electron chi connectivity index (χ3n) is 2.91. The van der Waals surface area contributed by atoms with Gasteiger partial charge in [0.1, 0.15) is 0 Å². The summed E-state index contributed by atoms with van der Waals surface area (Å²) in [7, 11) is 0. The van der Waals surface area contributed by atoms with Crippen molar-refractivity contribution in [3.63, 3.8) is 0 Å². The molecule has 1 aromatic rings. The molecular weight excluding hydrogens is 260 g/mol. The molecule has 0 amide bonds. The van der Waals surface area contributed by atoms with Crippen LogP contribution in [-0.2, 0) is 6.54 Å². The topological polar surface area (TPSA) is 58.9 Å². The van der Waals surface area contributed by atoms with Crippen molar-refractivity contribution in [2.45, 2.75) is 45.4 Å². The summed E-state index contributed by atoms with van der Waals surface area (Å²) in [5.74, 6) is 1.03. The van der Waals surface area contributed by atoms with E-state index >= 15 is 0 Å². The molecule has 6 nitrogen and oxygen atoms in total. The summed E-state index contributed by atoms with van der Waals surface area (Å²) >= 11 is 1.73. The van der Waals surface area contributed by atoms with E-state index in [9.17, 15) is 0 Å². The maximum absolute atomic E-state index is 4.08. The van der Waals surface area contributed by atoms with Gasteiger partial charge in [0.15, 0.2) is 0 Å². The van der Waals surface area contributed by atoms with Crippen LogP contribution in [0.3, 0.4) is 0 Å². The quantitative estimate of drug-likeness (QED) is 0.650. The lowest BCUT2D eigenvalue weighted by atomic mass is 10.4. The fourth-order valence-electron chi connectivity index (χ4n) is 1.71. The van der Waals surface area contributed by atoms with Gasteiger partial charge < -0.3 is 10.2 Å². The molecule has 0 saturated heterocycles. The minimum Gasteiger partial charge on any atom is -0.313 e. The van der Waals surface area contributed by atoms with Gasteiger partial charge in [-0.3, -0.25) is 0 Å². The van der Waals surface area contributed by atoms with E-state index in [4.69, 9.17) is 0 Å². The van der Waals surface area contributed by atoms with E-state index in [2.05, 4.69) is 53.4 Å². The minimum atomic E-state index is 0.496. The third-order valence-corrected chi connectivity index (χ3v) is 3.85. The summed E-state index contributed by atoms with van der Waals surface area (Å²) < 4.78 is 1.88. The van der Waals surface area contributed by atoms with Crippen LogP contribution >= 0.6 is 11.8 Å². The molecule has 0 aliphatic rings. The van der Waals surface area contributed by atoms with Gasteiger partial charge in [-0.05, 0) is 23.5 Å². The Morgan fingerprint density at radius 1 is 1.32 bits per heavy atom. The van der Waals surface area contributed by atoms with Gasteiger partial charge in [0, 0.05) is 24.9 Å². The van der Waals surface area contributed by atoms with Crippen LogP contribution in [0.15, 0.2) is 5.16 Å². The van der Waals surface area contributed by atoms with E-state index in [0.717, 1.165) is 43.6 Å². The highest BCUT2D eigenvalue weighted by Crippen LogP contribution is 2.13. The van der Waals surface area contributed by atoms with Crippen molar-refractivity contribution in [1.82, 2.24) is 30.4 Å². The highest BCUT2D eigenvalue weighted by atomic mass is 32.2. The lowest BCUT2D eigenvalue weighted by molar-refractivity contribution is 0.323. The van der Waals surface area contributed by atoms with E-state index in [-0.39, 0.29) is 0 Å². The Hall–Kier alpha value is -0.660. The van der Waals surface area contributed by atoms with Gasteiger partial charge >= 0.3 is 0 Å². The monoisotopic (exact) mass is 286 g/mol. The summed E-state index contributed by atoms with van der Waals surface area (Å²) in [5, 5.41) is 16.2. The Morgan fingerprint density at radius 2 is 2.05 bits per heavy atom. The third kappa shape index (κ3) is 6.35. The minimum absolute atomic E-state index is 0.496. The number of thioether (sulfide) groups is 1. The summed E-state index contributed by atoms with van der Waals surface area (Å²) in [6.07, 6.45) is 0.